The fourth-order valence-corrected chi connectivity index (χ4v) is 4.13. The monoisotopic (exact) mass is 316 g/mol. The summed E-state index contributed by atoms with van der Waals surface area (Å²) in [4.78, 5) is 5.15. The lowest BCUT2D eigenvalue weighted by molar-refractivity contribution is 0.0445. The highest BCUT2D eigenvalue weighted by Gasteiger charge is 2.27. The topological polar surface area (TPSA) is 26.7 Å². The quantitative estimate of drug-likeness (QED) is 0.872. The van der Waals surface area contributed by atoms with E-state index in [-0.39, 0.29) is 6.10 Å². The van der Waals surface area contributed by atoms with Gasteiger partial charge in [0.15, 0.2) is 0 Å². The standard InChI is InChI=1S/C20H32N2O/c23-20(18-10-4-1-5-11-18)19(16-21-12-6-2-7-13-21)17-22-14-8-3-9-15-22/h1,4-5,10-11,19-20,23H,2-3,6-9,12-17H2/t20-/m1/s1. The minimum Gasteiger partial charge on any atom is -0.388 e. The van der Waals surface area contributed by atoms with Gasteiger partial charge in [-0.3, -0.25) is 0 Å². The highest BCUT2D eigenvalue weighted by atomic mass is 16.3. The maximum absolute atomic E-state index is 11.0. The molecule has 3 rings (SSSR count). The summed E-state index contributed by atoms with van der Waals surface area (Å²) < 4.78 is 0. The van der Waals surface area contributed by atoms with E-state index in [0.717, 1.165) is 18.7 Å². The van der Waals surface area contributed by atoms with Crippen LogP contribution in [0.2, 0.25) is 0 Å². The van der Waals surface area contributed by atoms with Gasteiger partial charge in [0.05, 0.1) is 6.10 Å². The van der Waals surface area contributed by atoms with E-state index in [1.807, 2.05) is 18.2 Å². The number of benzene rings is 1. The van der Waals surface area contributed by atoms with Gasteiger partial charge in [0.2, 0.25) is 0 Å². The average molecular weight is 316 g/mol. The molecule has 0 aliphatic carbocycles. The first kappa shape index (κ1) is 16.9. The Bertz CT molecular complexity index is 418. The van der Waals surface area contributed by atoms with E-state index >= 15 is 0 Å². The van der Waals surface area contributed by atoms with Crippen molar-refractivity contribution in [1.29, 1.82) is 0 Å². The summed E-state index contributed by atoms with van der Waals surface area (Å²) in [7, 11) is 0. The first-order valence-corrected chi connectivity index (χ1v) is 9.50. The second-order valence-corrected chi connectivity index (χ2v) is 7.34. The van der Waals surface area contributed by atoms with Gasteiger partial charge in [0, 0.05) is 19.0 Å². The van der Waals surface area contributed by atoms with Crippen LogP contribution in [0.4, 0.5) is 0 Å². The van der Waals surface area contributed by atoms with Crippen molar-refractivity contribution >= 4 is 0 Å². The number of aliphatic hydroxyl groups is 1. The Labute approximate surface area is 141 Å². The lowest BCUT2D eigenvalue weighted by Crippen LogP contribution is -2.42. The van der Waals surface area contributed by atoms with Gasteiger partial charge in [-0.15, -0.1) is 0 Å². The van der Waals surface area contributed by atoms with Crippen molar-refractivity contribution in [3.63, 3.8) is 0 Å². The van der Waals surface area contributed by atoms with Gasteiger partial charge in [-0.2, -0.15) is 0 Å². The van der Waals surface area contributed by atoms with Gasteiger partial charge in [-0.05, 0) is 57.4 Å². The molecule has 2 aliphatic heterocycles. The van der Waals surface area contributed by atoms with Gasteiger partial charge < -0.3 is 14.9 Å². The smallest absolute Gasteiger partial charge is 0.0842 e. The molecule has 0 amide bonds. The van der Waals surface area contributed by atoms with Gasteiger partial charge in [-0.1, -0.05) is 43.2 Å². The zero-order valence-electron chi connectivity index (χ0n) is 14.4. The number of likely N-dealkylation sites (tertiary alicyclic amines) is 2. The summed E-state index contributed by atoms with van der Waals surface area (Å²) in [6, 6.07) is 10.3. The molecule has 1 N–H and O–H groups in total. The van der Waals surface area contributed by atoms with Crippen molar-refractivity contribution in [2.75, 3.05) is 39.3 Å². The van der Waals surface area contributed by atoms with Crippen LogP contribution in [-0.2, 0) is 0 Å². The summed E-state index contributed by atoms with van der Waals surface area (Å²) >= 11 is 0. The van der Waals surface area contributed by atoms with E-state index < -0.39 is 0 Å². The van der Waals surface area contributed by atoms with E-state index in [9.17, 15) is 5.11 Å². The van der Waals surface area contributed by atoms with Crippen molar-refractivity contribution in [2.24, 2.45) is 5.92 Å². The molecule has 2 fully saturated rings. The normalized spacial score (nSPS) is 22.3. The van der Waals surface area contributed by atoms with Crippen LogP contribution in [0.25, 0.3) is 0 Å². The second kappa shape index (κ2) is 8.81. The third kappa shape index (κ3) is 5.03. The number of rotatable bonds is 6. The van der Waals surface area contributed by atoms with Crippen LogP contribution in [0.5, 0.6) is 0 Å². The average Bonchev–Trinajstić information content (AvgIpc) is 2.63. The van der Waals surface area contributed by atoms with E-state index in [2.05, 4.69) is 21.9 Å². The first-order valence-electron chi connectivity index (χ1n) is 9.50. The molecule has 2 saturated heterocycles. The van der Waals surface area contributed by atoms with E-state index in [1.165, 1.54) is 64.7 Å². The molecule has 1 atom stereocenters. The van der Waals surface area contributed by atoms with Gasteiger partial charge in [-0.25, -0.2) is 0 Å². The Hall–Kier alpha value is -0.900. The number of hydrogen-bond acceptors (Lipinski definition) is 3. The summed E-state index contributed by atoms with van der Waals surface area (Å²) in [6.45, 7) is 6.89. The van der Waals surface area contributed by atoms with Crippen LogP contribution in [0.15, 0.2) is 30.3 Å². The molecule has 2 heterocycles. The van der Waals surface area contributed by atoms with Crippen LogP contribution >= 0.6 is 0 Å². The molecule has 128 valence electrons. The largest absolute Gasteiger partial charge is 0.388 e. The number of nitrogens with zero attached hydrogens (tertiary/aromatic N) is 2. The molecule has 1 aromatic rings. The lowest BCUT2D eigenvalue weighted by atomic mass is 9.93. The molecule has 0 radical (unpaired) electrons. The van der Waals surface area contributed by atoms with Crippen molar-refractivity contribution in [3.05, 3.63) is 35.9 Å². The fraction of sp³-hybridized carbons (Fsp3) is 0.700. The fourth-order valence-electron chi connectivity index (χ4n) is 4.13. The summed E-state index contributed by atoms with van der Waals surface area (Å²) in [5, 5.41) is 11.0. The molecule has 3 heteroatoms. The number of piperidine rings is 2. The minimum atomic E-state index is -0.347. The molecule has 23 heavy (non-hydrogen) atoms. The number of hydrogen-bond donors (Lipinski definition) is 1. The maximum atomic E-state index is 11.0. The molecule has 2 aliphatic rings. The van der Waals surface area contributed by atoms with Crippen LogP contribution in [-0.4, -0.2) is 54.2 Å². The SMILES string of the molecule is O[C@H](c1ccccc1)C(CN1CCCCC1)CN1CCCCC1. The van der Waals surface area contributed by atoms with Gasteiger partial charge >= 0.3 is 0 Å². The Morgan fingerprint density at radius 3 is 1.70 bits per heavy atom. The minimum absolute atomic E-state index is 0.314. The predicted octanol–water partition coefficient (Wildman–Crippen LogP) is 3.31. The molecule has 0 saturated carbocycles. The van der Waals surface area contributed by atoms with Crippen LogP contribution in [0.3, 0.4) is 0 Å². The Balaban J connectivity index is 1.66. The molecule has 0 unspecified atom stereocenters. The second-order valence-electron chi connectivity index (χ2n) is 7.34. The Morgan fingerprint density at radius 1 is 0.739 bits per heavy atom. The molecular formula is C20H32N2O. The maximum Gasteiger partial charge on any atom is 0.0842 e. The van der Waals surface area contributed by atoms with E-state index in [1.54, 1.807) is 0 Å². The molecule has 0 spiro atoms. The molecule has 0 aromatic heterocycles. The molecular weight excluding hydrogens is 284 g/mol. The Morgan fingerprint density at radius 2 is 1.22 bits per heavy atom. The lowest BCUT2D eigenvalue weighted by Gasteiger charge is -2.36. The van der Waals surface area contributed by atoms with Crippen molar-refractivity contribution in [3.8, 4) is 0 Å². The third-order valence-electron chi connectivity index (χ3n) is 5.47. The first-order chi connectivity index (χ1) is 11.3. The van der Waals surface area contributed by atoms with E-state index in [4.69, 9.17) is 0 Å². The summed E-state index contributed by atoms with van der Waals surface area (Å²) in [5.74, 6) is 0.314. The summed E-state index contributed by atoms with van der Waals surface area (Å²) in [6.07, 6.45) is 7.66. The van der Waals surface area contributed by atoms with Crippen LogP contribution < -0.4 is 0 Å². The zero-order chi connectivity index (χ0) is 15.9. The van der Waals surface area contributed by atoms with Gasteiger partial charge in [0.1, 0.15) is 0 Å². The molecule has 1 aromatic carbocycles. The third-order valence-corrected chi connectivity index (χ3v) is 5.47. The number of aliphatic hydroxyl groups excluding tert-OH is 1. The van der Waals surface area contributed by atoms with Gasteiger partial charge in [0.25, 0.3) is 0 Å². The highest BCUT2D eigenvalue weighted by molar-refractivity contribution is 5.18. The van der Waals surface area contributed by atoms with Crippen molar-refractivity contribution in [1.82, 2.24) is 9.80 Å². The molecule has 0 bridgehead atoms. The van der Waals surface area contributed by atoms with E-state index in [0.29, 0.717) is 5.92 Å². The predicted molar refractivity (Wildman–Crippen MR) is 95.5 cm³/mol. The zero-order valence-corrected chi connectivity index (χ0v) is 14.4. The van der Waals surface area contributed by atoms with Crippen molar-refractivity contribution < 1.29 is 5.11 Å². The van der Waals surface area contributed by atoms with Crippen LogP contribution in [0, 0.1) is 5.92 Å². The highest BCUT2D eigenvalue weighted by Crippen LogP contribution is 2.26. The molecule has 3 nitrogen and oxygen atoms in total. The van der Waals surface area contributed by atoms with Crippen LogP contribution in [0.1, 0.15) is 50.2 Å². The van der Waals surface area contributed by atoms with Crippen molar-refractivity contribution in [2.45, 2.75) is 44.6 Å². The Kier molecular flexibility index (Phi) is 6.49. The summed E-state index contributed by atoms with van der Waals surface area (Å²) in [5.41, 5.74) is 1.08.